The molecule has 304 valence electrons. The number of para-hydroxylation sites is 2. The molecular weight excluding hydrogens is 756 g/mol. The molecule has 18 heteroatoms. The Labute approximate surface area is 327 Å². The van der Waals surface area contributed by atoms with E-state index in [1.165, 1.54) is 0 Å². The lowest BCUT2D eigenvalue weighted by Gasteiger charge is -2.15. The fraction of sp³-hybridized carbons (Fsp3) is 0.421. The highest BCUT2D eigenvalue weighted by Gasteiger charge is 2.28. The summed E-state index contributed by atoms with van der Waals surface area (Å²) >= 11 is 0. The number of aromatic hydroxyl groups is 2. The normalized spacial score (nSPS) is 12.4. The first-order chi connectivity index (χ1) is 26.5. The maximum absolute atomic E-state index is 12.7. The molecule has 2 aromatic carbocycles. The fourth-order valence-electron chi connectivity index (χ4n) is 4.83. The number of carbonyl (C=O) groups excluding carboxylic acids is 5. The van der Waals surface area contributed by atoms with Crippen LogP contribution in [0, 0.1) is 11.8 Å². The van der Waals surface area contributed by atoms with Crippen molar-refractivity contribution in [3.63, 3.8) is 0 Å². The topological polar surface area (TPSA) is 245 Å². The van der Waals surface area contributed by atoms with Gasteiger partial charge in [-0.15, -0.1) is 21.9 Å². The molecule has 2 aromatic heterocycles. The quantitative estimate of drug-likeness (QED) is 0.142. The zero-order valence-corrected chi connectivity index (χ0v) is 32.1. The molecule has 56 heavy (non-hydrogen) atoms. The number of fused-ring (bicyclic) bond motifs is 2. The molecule has 17 nitrogen and oxygen atoms in total. The van der Waals surface area contributed by atoms with Crippen molar-refractivity contribution in [3.8, 4) is 11.5 Å². The Morgan fingerprint density at radius 3 is 1.59 bits per heavy atom. The molecule has 0 saturated heterocycles. The number of nitrogens with one attached hydrogen (secondary N) is 1. The van der Waals surface area contributed by atoms with E-state index in [0.717, 1.165) is 48.1 Å². The molecule has 0 radical (unpaired) electrons. The van der Waals surface area contributed by atoms with Gasteiger partial charge in [0.1, 0.15) is 31.3 Å². The average Bonchev–Trinajstić information content (AvgIpc) is 4.12. The van der Waals surface area contributed by atoms with Gasteiger partial charge in [0, 0.05) is 10.8 Å². The van der Waals surface area contributed by atoms with E-state index in [1.54, 1.807) is 62.4 Å². The molecule has 0 aliphatic heterocycles. The third-order valence-corrected chi connectivity index (χ3v) is 7.99. The van der Waals surface area contributed by atoms with Gasteiger partial charge in [0.2, 0.25) is 0 Å². The standard InChI is InChI=1S/C18H20N2O6.C16H17NO5.C3H9N.CO2.ClH/c1-2-25-14(21)9-19-17(23)15-16(22)12-5-3-4-6-13(12)20(18(15)24)26-10-11-7-8-11;1-2-21-16(20)13-14(18)11-5-3-4-6-12(11)17(15(13)19)22-9-10-7-8-10;1-2-3-4;2-1-3;/h3-6,11,22H,2,7-10H2,1H3,(H,19,23);3-6,10,18H,2,7-9H2,1H3;2-4H2,1H3;;1H. The Balaban J connectivity index is 0.000000330. The molecule has 0 bridgehead atoms. The smallest absolute Gasteiger partial charge is 0.373 e. The number of carbonyl (C=O) groups is 3. The van der Waals surface area contributed by atoms with Crippen molar-refractivity contribution in [1.29, 1.82) is 0 Å². The van der Waals surface area contributed by atoms with Crippen LogP contribution in [0.4, 0.5) is 0 Å². The van der Waals surface area contributed by atoms with Crippen molar-refractivity contribution in [3.05, 3.63) is 80.4 Å². The summed E-state index contributed by atoms with van der Waals surface area (Å²) < 4.78 is 11.7. The average molecular weight is 803 g/mol. The third-order valence-electron chi connectivity index (χ3n) is 7.99. The molecule has 6 rings (SSSR count). The van der Waals surface area contributed by atoms with E-state index in [4.69, 9.17) is 34.5 Å². The summed E-state index contributed by atoms with van der Waals surface area (Å²) in [5, 5.41) is 23.7. The van der Waals surface area contributed by atoms with Gasteiger partial charge in [0.25, 0.3) is 11.5 Å². The molecule has 2 aliphatic carbocycles. The zero-order chi connectivity index (χ0) is 40.5. The molecule has 0 spiro atoms. The summed E-state index contributed by atoms with van der Waals surface area (Å²) in [6.45, 7) is 6.82. The number of nitrogens with two attached hydrogens (primary N) is 1. The van der Waals surface area contributed by atoms with Crippen molar-refractivity contribution in [2.24, 2.45) is 17.6 Å². The molecule has 2 saturated carbocycles. The molecule has 0 atom stereocenters. The summed E-state index contributed by atoms with van der Waals surface area (Å²) in [4.78, 5) is 88.5. The highest BCUT2D eigenvalue weighted by atomic mass is 35.5. The Kier molecular flexibility index (Phi) is 19.1. The largest absolute Gasteiger partial charge is 0.506 e. The Morgan fingerprint density at radius 2 is 1.18 bits per heavy atom. The summed E-state index contributed by atoms with van der Waals surface area (Å²) in [5.74, 6) is -2.31. The van der Waals surface area contributed by atoms with E-state index in [0.29, 0.717) is 46.9 Å². The minimum atomic E-state index is -0.866. The van der Waals surface area contributed by atoms with Crippen LogP contribution in [0.1, 0.15) is 73.6 Å². The number of ether oxygens (including phenoxy) is 2. The lowest BCUT2D eigenvalue weighted by Crippen LogP contribution is -2.38. The second-order valence-corrected chi connectivity index (χ2v) is 12.2. The number of halogens is 1. The lowest BCUT2D eigenvalue weighted by atomic mass is 10.1. The second kappa shape index (κ2) is 23.1. The number of aromatic nitrogens is 2. The van der Waals surface area contributed by atoms with Crippen LogP contribution in [-0.2, 0) is 23.9 Å². The maximum atomic E-state index is 12.7. The predicted molar refractivity (Wildman–Crippen MR) is 205 cm³/mol. The molecule has 2 heterocycles. The number of rotatable bonds is 13. The summed E-state index contributed by atoms with van der Waals surface area (Å²) in [6.07, 6.45) is 5.58. The highest BCUT2D eigenvalue weighted by molar-refractivity contribution is 6.03. The van der Waals surface area contributed by atoms with E-state index in [9.17, 15) is 34.2 Å². The SMILES string of the molecule is CCCN.CCOC(=O)CNC(=O)c1c(O)c2ccccc2n(OCC2CC2)c1=O.CCOC(=O)c1c(O)c2ccccc2n(OCC2CC2)c1=O.Cl.O=C=O. The summed E-state index contributed by atoms with van der Waals surface area (Å²) in [5.41, 5.74) is 3.50. The molecule has 2 aliphatic rings. The molecule has 2 fully saturated rings. The van der Waals surface area contributed by atoms with Gasteiger partial charge in [0.15, 0.2) is 11.1 Å². The van der Waals surface area contributed by atoms with Crippen LogP contribution in [0.5, 0.6) is 11.5 Å². The third kappa shape index (κ3) is 12.6. The molecule has 0 unspecified atom stereocenters. The van der Waals surface area contributed by atoms with Gasteiger partial charge in [-0.05, 0) is 88.6 Å². The number of amides is 1. The van der Waals surface area contributed by atoms with E-state index >= 15 is 0 Å². The minimum absolute atomic E-state index is 0. The van der Waals surface area contributed by atoms with Crippen LogP contribution < -0.4 is 31.8 Å². The van der Waals surface area contributed by atoms with E-state index in [1.807, 2.05) is 0 Å². The van der Waals surface area contributed by atoms with Crippen LogP contribution in [0.25, 0.3) is 21.8 Å². The number of benzene rings is 2. The number of hydrogen-bond donors (Lipinski definition) is 4. The minimum Gasteiger partial charge on any atom is -0.506 e. The van der Waals surface area contributed by atoms with Gasteiger partial charge in [-0.25, -0.2) is 4.79 Å². The fourth-order valence-corrected chi connectivity index (χ4v) is 4.83. The Morgan fingerprint density at radius 1 is 0.768 bits per heavy atom. The number of hydrogen-bond acceptors (Lipinski definition) is 14. The zero-order valence-electron chi connectivity index (χ0n) is 31.3. The van der Waals surface area contributed by atoms with Gasteiger partial charge in [-0.3, -0.25) is 19.2 Å². The van der Waals surface area contributed by atoms with Crippen molar-refractivity contribution in [1.82, 2.24) is 14.8 Å². The molecule has 5 N–H and O–H groups in total. The second-order valence-electron chi connectivity index (χ2n) is 12.2. The first kappa shape index (κ1) is 46.3. The van der Waals surface area contributed by atoms with E-state index in [-0.39, 0.29) is 37.5 Å². The summed E-state index contributed by atoms with van der Waals surface area (Å²) in [7, 11) is 0. The van der Waals surface area contributed by atoms with Gasteiger partial charge in [0.05, 0.1) is 24.2 Å². The van der Waals surface area contributed by atoms with Crippen LogP contribution in [0.15, 0.2) is 58.1 Å². The monoisotopic (exact) mass is 802 g/mol. The van der Waals surface area contributed by atoms with Gasteiger partial charge in [-0.1, -0.05) is 31.2 Å². The van der Waals surface area contributed by atoms with E-state index < -0.39 is 52.4 Å². The van der Waals surface area contributed by atoms with Crippen molar-refractivity contribution < 1.29 is 53.3 Å². The number of nitrogens with zero attached hydrogens (tertiary/aromatic N) is 2. The predicted octanol–water partition coefficient (Wildman–Crippen LogP) is 2.75. The Hall–Kier alpha value is -5.90. The Bertz CT molecular complexity index is 2100. The first-order valence-corrected chi connectivity index (χ1v) is 17.8. The summed E-state index contributed by atoms with van der Waals surface area (Å²) in [6, 6.07) is 13.3. The molecular formula is C38H47ClN4O13. The van der Waals surface area contributed by atoms with Crippen LogP contribution >= 0.6 is 12.4 Å². The van der Waals surface area contributed by atoms with Crippen molar-refractivity contribution in [2.75, 3.05) is 39.5 Å². The van der Waals surface area contributed by atoms with Crippen LogP contribution in [0.3, 0.4) is 0 Å². The van der Waals surface area contributed by atoms with Gasteiger partial charge < -0.3 is 40.4 Å². The van der Waals surface area contributed by atoms with Gasteiger partial charge in [-0.2, -0.15) is 9.59 Å². The van der Waals surface area contributed by atoms with Crippen molar-refractivity contribution >= 4 is 58.2 Å². The van der Waals surface area contributed by atoms with Crippen LogP contribution in [-0.4, -0.2) is 83.2 Å². The van der Waals surface area contributed by atoms with E-state index in [2.05, 4.69) is 12.2 Å². The first-order valence-electron chi connectivity index (χ1n) is 17.8. The van der Waals surface area contributed by atoms with Crippen LogP contribution in [0.2, 0.25) is 0 Å². The molecule has 1 amide bonds. The van der Waals surface area contributed by atoms with Crippen molar-refractivity contribution in [2.45, 2.75) is 52.9 Å². The number of esters is 2. The molecule has 4 aromatic rings. The highest BCUT2D eigenvalue weighted by Crippen LogP contribution is 2.31. The maximum Gasteiger partial charge on any atom is 0.373 e. The number of pyridine rings is 2. The lowest BCUT2D eigenvalue weighted by molar-refractivity contribution is -0.191. The van der Waals surface area contributed by atoms with Gasteiger partial charge >= 0.3 is 23.6 Å².